The maximum absolute atomic E-state index is 7.00. The molecular weight excluding hydrogens is 438 g/mol. The van der Waals surface area contributed by atoms with E-state index in [2.05, 4.69) is 136 Å². The Labute approximate surface area is 207 Å². The van der Waals surface area contributed by atoms with Crippen molar-refractivity contribution >= 4 is 22.1 Å². The Morgan fingerprint density at radius 3 is 1.23 bits per heavy atom. The van der Waals surface area contributed by atoms with Gasteiger partial charge in [0.25, 0.3) is 11.4 Å². The van der Waals surface area contributed by atoms with Crippen LogP contribution >= 0.6 is 0 Å². The Kier molecular flexibility index (Phi) is 9.65. The van der Waals surface area contributed by atoms with E-state index < -0.39 is 0 Å². The molecule has 8 nitrogen and oxygen atoms in total. The molecule has 0 aliphatic heterocycles. The molecule has 0 aliphatic rings. The van der Waals surface area contributed by atoms with E-state index in [-0.39, 0.29) is 0 Å². The summed E-state index contributed by atoms with van der Waals surface area (Å²) < 4.78 is 11.4. The van der Waals surface area contributed by atoms with Gasteiger partial charge in [-0.15, -0.1) is 0 Å². The number of imidazole rings is 2. The molecule has 5 aromatic rings. The van der Waals surface area contributed by atoms with Crippen LogP contribution in [-0.2, 0) is 35.2 Å². The molecule has 2 aromatic carbocycles. The number of para-hydroxylation sites is 4. The van der Waals surface area contributed by atoms with Gasteiger partial charge in [0, 0.05) is 19.2 Å². The van der Waals surface area contributed by atoms with Crippen molar-refractivity contribution in [1.29, 1.82) is 0 Å². The van der Waals surface area contributed by atoms with E-state index in [1.807, 2.05) is 0 Å². The Morgan fingerprint density at radius 1 is 0.543 bits per heavy atom. The van der Waals surface area contributed by atoms with Crippen LogP contribution in [0.15, 0.2) is 66.7 Å². The van der Waals surface area contributed by atoms with Crippen molar-refractivity contribution in [1.82, 2.24) is 9.13 Å². The number of hydrogen-bond donors (Lipinski definition) is 3. The van der Waals surface area contributed by atoms with Crippen molar-refractivity contribution in [2.75, 3.05) is 21.2 Å². The summed E-state index contributed by atoms with van der Waals surface area (Å²) in [6.07, 6.45) is 0. The lowest BCUT2D eigenvalue weighted by atomic mass is 10.2. The fourth-order valence-corrected chi connectivity index (χ4v) is 4.69. The number of aliphatic hydroxyl groups is 1. The van der Waals surface area contributed by atoms with Crippen molar-refractivity contribution in [3.8, 4) is 23.0 Å². The third-order valence-corrected chi connectivity index (χ3v) is 6.17. The van der Waals surface area contributed by atoms with E-state index in [4.69, 9.17) is 5.11 Å². The molecule has 3 heterocycles. The number of hydrogen-bond acceptors (Lipinski definition) is 3. The SMILES string of the molecule is CN.CN.CO.Cn1c(-c2cccc(-c3n(C)c4ccccc4[n+]3C)[n+]2C)[n+](C)c2ccccc21. The van der Waals surface area contributed by atoms with Gasteiger partial charge in [-0.1, -0.05) is 24.3 Å². The fourth-order valence-electron chi connectivity index (χ4n) is 4.69. The number of aryl methyl sites for hydroxylation is 4. The number of fused-ring (bicyclic) bond motifs is 2. The summed E-state index contributed by atoms with van der Waals surface area (Å²) in [4.78, 5) is 0. The highest BCUT2D eigenvalue weighted by Crippen LogP contribution is 2.23. The molecule has 0 amide bonds. The summed E-state index contributed by atoms with van der Waals surface area (Å²) in [5.41, 5.74) is 16.3. The van der Waals surface area contributed by atoms with Crippen LogP contribution in [0.1, 0.15) is 0 Å². The van der Waals surface area contributed by atoms with Crippen LogP contribution in [0.4, 0.5) is 0 Å². The van der Waals surface area contributed by atoms with E-state index >= 15 is 0 Å². The minimum absolute atomic E-state index is 1.00. The number of aliphatic hydroxyl groups excluding tert-OH is 1. The Hall–Kier alpha value is -3.59. The number of nitrogens with two attached hydrogens (primary N) is 2. The first kappa shape index (κ1) is 27.7. The predicted molar refractivity (Wildman–Crippen MR) is 142 cm³/mol. The molecule has 0 saturated carbocycles. The van der Waals surface area contributed by atoms with Gasteiger partial charge < -0.3 is 16.6 Å². The molecule has 5 N–H and O–H groups in total. The van der Waals surface area contributed by atoms with E-state index in [1.165, 1.54) is 59.2 Å². The number of pyridine rings is 1. The lowest BCUT2D eigenvalue weighted by Gasteiger charge is -2.03. The zero-order valence-electron chi connectivity index (χ0n) is 22.2. The summed E-state index contributed by atoms with van der Waals surface area (Å²) in [5, 5.41) is 7.00. The highest BCUT2D eigenvalue weighted by atomic mass is 16.2. The average molecular weight is 479 g/mol. The van der Waals surface area contributed by atoms with Gasteiger partial charge in [-0.3, -0.25) is 0 Å². The molecule has 35 heavy (non-hydrogen) atoms. The maximum Gasteiger partial charge on any atom is 0.355 e. The number of nitrogens with zero attached hydrogens (tertiary/aromatic N) is 5. The van der Waals surface area contributed by atoms with Gasteiger partial charge in [0.1, 0.15) is 7.05 Å². The normalized spacial score (nSPS) is 10.1. The smallest absolute Gasteiger partial charge is 0.355 e. The van der Waals surface area contributed by atoms with Crippen LogP contribution in [0.3, 0.4) is 0 Å². The van der Waals surface area contributed by atoms with Crippen LogP contribution in [0.25, 0.3) is 45.1 Å². The lowest BCUT2D eigenvalue weighted by Crippen LogP contribution is -2.43. The van der Waals surface area contributed by atoms with Crippen LogP contribution in [0.5, 0.6) is 0 Å². The van der Waals surface area contributed by atoms with Crippen molar-refractivity contribution in [2.45, 2.75) is 0 Å². The molecule has 186 valence electrons. The fraction of sp³-hybridized carbons (Fsp3) is 0.296. The minimum Gasteiger partial charge on any atom is -0.400 e. The van der Waals surface area contributed by atoms with Gasteiger partial charge in [-0.05, 0) is 44.4 Å². The summed E-state index contributed by atoms with van der Waals surface area (Å²) in [7, 11) is 14.7. The first-order chi connectivity index (χ1) is 17.0. The molecule has 8 heteroatoms. The topological polar surface area (TPSA) is 93.8 Å². The second kappa shape index (κ2) is 12.2. The van der Waals surface area contributed by atoms with Crippen molar-refractivity contribution < 1.29 is 18.8 Å². The van der Waals surface area contributed by atoms with Crippen LogP contribution in [0.2, 0.25) is 0 Å². The van der Waals surface area contributed by atoms with Gasteiger partial charge in [0.15, 0.2) is 22.1 Å². The minimum atomic E-state index is 1.00. The standard InChI is InChI=1S/C24H26N5.2CH5N.CH4O/c1-25-21(23-26(2)17-11-6-7-12-18(17)27(23)3)15-10-16-22(25)24-28(4)19-13-8-9-14-20(19)29(24)5;3*1-2/h6-16H,1-5H3;2*2H2,1H3;2H,1H3/q+3;;;. The van der Waals surface area contributed by atoms with Gasteiger partial charge in [0.2, 0.25) is 0 Å². The Balaban J connectivity index is 0.000000671. The highest BCUT2D eigenvalue weighted by Gasteiger charge is 2.34. The molecular formula is C27H40N7O+3. The second-order valence-corrected chi connectivity index (χ2v) is 7.72. The largest absolute Gasteiger partial charge is 0.400 e. The molecule has 0 unspecified atom stereocenters. The first-order valence-electron chi connectivity index (χ1n) is 11.5. The van der Waals surface area contributed by atoms with Crippen molar-refractivity contribution in [3.05, 3.63) is 66.7 Å². The molecule has 0 fully saturated rings. The Morgan fingerprint density at radius 2 is 0.886 bits per heavy atom. The summed E-state index contributed by atoms with van der Waals surface area (Å²) in [5.74, 6) is 2.36. The molecule has 3 aromatic heterocycles. The molecule has 0 aliphatic carbocycles. The molecule has 0 saturated heterocycles. The van der Waals surface area contributed by atoms with Gasteiger partial charge in [0.05, 0.1) is 28.2 Å². The molecule has 0 bridgehead atoms. The molecule has 0 radical (unpaired) electrons. The van der Waals surface area contributed by atoms with E-state index in [1.54, 1.807) is 0 Å². The zero-order valence-corrected chi connectivity index (χ0v) is 22.2. The zero-order chi connectivity index (χ0) is 26.3. The summed E-state index contributed by atoms with van der Waals surface area (Å²) >= 11 is 0. The maximum atomic E-state index is 7.00. The predicted octanol–water partition coefficient (Wildman–Crippen LogP) is 1.24. The third-order valence-electron chi connectivity index (χ3n) is 6.17. The summed E-state index contributed by atoms with van der Waals surface area (Å²) in [6.45, 7) is 0. The van der Waals surface area contributed by atoms with Gasteiger partial charge >= 0.3 is 11.6 Å². The number of benzene rings is 2. The van der Waals surface area contributed by atoms with Crippen LogP contribution < -0.4 is 25.2 Å². The van der Waals surface area contributed by atoms with Gasteiger partial charge in [-0.2, -0.15) is 4.57 Å². The summed E-state index contributed by atoms with van der Waals surface area (Å²) in [6, 6.07) is 23.6. The van der Waals surface area contributed by atoms with E-state index in [9.17, 15) is 0 Å². The first-order valence-corrected chi connectivity index (χ1v) is 11.5. The van der Waals surface area contributed by atoms with Gasteiger partial charge in [-0.25, -0.2) is 18.3 Å². The molecule has 5 rings (SSSR count). The average Bonchev–Trinajstić information content (AvgIpc) is 3.33. The lowest BCUT2D eigenvalue weighted by molar-refractivity contribution is -0.685. The molecule has 0 spiro atoms. The monoisotopic (exact) mass is 478 g/mol. The van der Waals surface area contributed by atoms with Crippen LogP contribution in [0, 0.1) is 0 Å². The number of rotatable bonds is 2. The second-order valence-electron chi connectivity index (χ2n) is 7.72. The Bertz CT molecular complexity index is 1230. The van der Waals surface area contributed by atoms with Crippen molar-refractivity contribution in [2.24, 2.45) is 46.7 Å². The number of aromatic nitrogens is 5. The van der Waals surface area contributed by atoms with E-state index in [0.29, 0.717) is 0 Å². The van der Waals surface area contributed by atoms with Crippen LogP contribution in [-0.4, -0.2) is 35.4 Å². The van der Waals surface area contributed by atoms with E-state index in [0.717, 1.165) is 7.11 Å². The quantitative estimate of drug-likeness (QED) is 0.333. The molecule has 0 atom stereocenters. The van der Waals surface area contributed by atoms with Crippen molar-refractivity contribution in [3.63, 3.8) is 0 Å². The highest BCUT2D eigenvalue weighted by molar-refractivity contribution is 5.76. The third kappa shape index (κ3) is 4.68.